The van der Waals surface area contributed by atoms with Crippen LogP contribution in [0.5, 0.6) is 0 Å². The highest BCUT2D eigenvalue weighted by Crippen LogP contribution is 2.35. The first kappa shape index (κ1) is 9.25. The third kappa shape index (κ3) is 1.36. The van der Waals surface area contributed by atoms with Crippen LogP contribution in [-0.4, -0.2) is 16.1 Å². The zero-order valence-corrected chi connectivity index (χ0v) is 9.42. The molecule has 0 saturated carbocycles. The Kier molecular flexibility index (Phi) is 2.19. The average Bonchev–Trinajstić information content (AvgIpc) is 2.67. The fraction of sp³-hybridized carbons (Fsp3) is 0.750. The van der Waals surface area contributed by atoms with Gasteiger partial charge in [-0.15, -0.1) is 0 Å². The van der Waals surface area contributed by atoms with Gasteiger partial charge in [0.2, 0.25) is 5.95 Å². The third-order valence-corrected chi connectivity index (χ3v) is 3.79. The van der Waals surface area contributed by atoms with Gasteiger partial charge in [0.1, 0.15) is 0 Å². The largest absolute Gasteiger partial charge is 0.356 e. The standard InChI is InChI=1S/C12H19N3/c1-2-9-5-3-6-10-11(9)14-12-13-7-4-8-15(10)12/h9H,2-8H2,1H3,(H,13,14). The molecule has 3 heteroatoms. The Morgan fingerprint density at radius 1 is 1.47 bits per heavy atom. The number of imidazole rings is 1. The van der Waals surface area contributed by atoms with Crippen molar-refractivity contribution in [1.82, 2.24) is 9.55 Å². The number of nitrogens with zero attached hydrogens (tertiary/aromatic N) is 2. The van der Waals surface area contributed by atoms with Crippen LogP contribution < -0.4 is 5.32 Å². The Hall–Kier alpha value is -0.990. The normalized spacial score (nSPS) is 24.2. The minimum atomic E-state index is 0.716. The second kappa shape index (κ2) is 3.54. The van der Waals surface area contributed by atoms with Gasteiger partial charge in [-0.2, -0.15) is 0 Å². The molecule has 2 aliphatic rings. The molecule has 1 atom stereocenters. The number of hydrogen-bond donors (Lipinski definition) is 1. The fourth-order valence-electron chi connectivity index (χ4n) is 2.96. The number of anilines is 1. The van der Waals surface area contributed by atoms with E-state index in [2.05, 4.69) is 16.8 Å². The number of aromatic nitrogens is 2. The Morgan fingerprint density at radius 2 is 2.40 bits per heavy atom. The van der Waals surface area contributed by atoms with Gasteiger partial charge in [0.15, 0.2) is 0 Å². The maximum Gasteiger partial charge on any atom is 0.203 e. The lowest BCUT2D eigenvalue weighted by molar-refractivity contribution is 0.506. The van der Waals surface area contributed by atoms with Gasteiger partial charge < -0.3 is 9.88 Å². The Morgan fingerprint density at radius 3 is 3.27 bits per heavy atom. The van der Waals surface area contributed by atoms with E-state index in [1.54, 1.807) is 0 Å². The maximum atomic E-state index is 4.80. The number of nitrogens with one attached hydrogen (secondary N) is 1. The molecule has 0 radical (unpaired) electrons. The highest BCUT2D eigenvalue weighted by atomic mass is 15.2. The van der Waals surface area contributed by atoms with E-state index in [9.17, 15) is 0 Å². The van der Waals surface area contributed by atoms with Gasteiger partial charge in [0.25, 0.3) is 0 Å². The molecule has 0 spiro atoms. The molecule has 3 rings (SSSR count). The molecule has 1 aromatic heterocycles. The molecule has 0 amide bonds. The lowest BCUT2D eigenvalue weighted by Crippen LogP contribution is -2.19. The second-order valence-electron chi connectivity index (χ2n) is 4.70. The molecule has 0 saturated heterocycles. The van der Waals surface area contributed by atoms with Gasteiger partial charge in [0.05, 0.1) is 5.69 Å². The molecule has 1 aliphatic carbocycles. The topological polar surface area (TPSA) is 29.9 Å². The van der Waals surface area contributed by atoms with Crippen molar-refractivity contribution in [2.24, 2.45) is 0 Å². The molecule has 1 N–H and O–H groups in total. The first-order valence-corrected chi connectivity index (χ1v) is 6.23. The first-order chi connectivity index (χ1) is 7.40. The minimum Gasteiger partial charge on any atom is -0.356 e. The molecule has 0 fully saturated rings. The van der Waals surface area contributed by atoms with Crippen LogP contribution in [0.3, 0.4) is 0 Å². The summed E-state index contributed by atoms with van der Waals surface area (Å²) in [6, 6.07) is 0. The van der Waals surface area contributed by atoms with E-state index in [0.717, 1.165) is 12.5 Å². The number of fused-ring (bicyclic) bond motifs is 3. The van der Waals surface area contributed by atoms with Crippen molar-refractivity contribution in [3.05, 3.63) is 11.4 Å². The first-order valence-electron chi connectivity index (χ1n) is 6.23. The van der Waals surface area contributed by atoms with Crippen LogP contribution >= 0.6 is 0 Å². The highest BCUT2D eigenvalue weighted by molar-refractivity contribution is 5.38. The summed E-state index contributed by atoms with van der Waals surface area (Å²) >= 11 is 0. The summed E-state index contributed by atoms with van der Waals surface area (Å²) in [5, 5.41) is 3.42. The van der Waals surface area contributed by atoms with Gasteiger partial charge in [-0.3, -0.25) is 0 Å². The zero-order chi connectivity index (χ0) is 10.3. The predicted octanol–water partition coefficient (Wildman–Crippen LogP) is 2.53. The van der Waals surface area contributed by atoms with Gasteiger partial charge in [-0.25, -0.2) is 4.98 Å². The lowest BCUT2D eigenvalue weighted by Gasteiger charge is -2.22. The number of hydrogen-bond acceptors (Lipinski definition) is 2. The summed E-state index contributed by atoms with van der Waals surface area (Å²) in [5.74, 6) is 1.85. The van der Waals surface area contributed by atoms with Crippen molar-refractivity contribution in [1.29, 1.82) is 0 Å². The van der Waals surface area contributed by atoms with Crippen LogP contribution in [0.1, 0.15) is 49.9 Å². The molecule has 2 heterocycles. The average molecular weight is 205 g/mol. The van der Waals surface area contributed by atoms with Crippen LogP contribution in [0, 0.1) is 0 Å². The van der Waals surface area contributed by atoms with Crippen LogP contribution in [0.25, 0.3) is 0 Å². The van der Waals surface area contributed by atoms with E-state index in [4.69, 9.17) is 4.98 Å². The minimum absolute atomic E-state index is 0.716. The Labute approximate surface area is 90.9 Å². The van der Waals surface area contributed by atoms with Crippen molar-refractivity contribution in [2.45, 2.75) is 51.5 Å². The van der Waals surface area contributed by atoms with Gasteiger partial charge in [-0.05, 0) is 32.1 Å². The quantitative estimate of drug-likeness (QED) is 0.763. The molecule has 15 heavy (non-hydrogen) atoms. The molecular weight excluding hydrogens is 186 g/mol. The highest BCUT2D eigenvalue weighted by Gasteiger charge is 2.27. The molecule has 0 bridgehead atoms. The summed E-state index contributed by atoms with van der Waals surface area (Å²) in [6.45, 7) is 4.54. The molecule has 1 aliphatic heterocycles. The van der Waals surface area contributed by atoms with Crippen molar-refractivity contribution in [2.75, 3.05) is 11.9 Å². The second-order valence-corrected chi connectivity index (χ2v) is 4.70. The van der Waals surface area contributed by atoms with E-state index < -0.39 is 0 Å². The molecule has 82 valence electrons. The van der Waals surface area contributed by atoms with E-state index in [-0.39, 0.29) is 0 Å². The summed E-state index contributed by atoms with van der Waals surface area (Å²) in [5.41, 5.74) is 2.92. The lowest BCUT2D eigenvalue weighted by atomic mass is 9.88. The smallest absolute Gasteiger partial charge is 0.203 e. The van der Waals surface area contributed by atoms with Crippen LogP contribution in [0.4, 0.5) is 5.95 Å². The van der Waals surface area contributed by atoms with E-state index in [1.807, 2.05) is 0 Å². The Bertz CT molecular complexity index is 367. The summed E-state index contributed by atoms with van der Waals surface area (Å²) < 4.78 is 2.42. The predicted molar refractivity (Wildman–Crippen MR) is 61.3 cm³/mol. The number of rotatable bonds is 1. The molecule has 0 aromatic carbocycles. The molecule has 1 aromatic rings. The van der Waals surface area contributed by atoms with Gasteiger partial charge >= 0.3 is 0 Å². The van der Waals surface area contributed by atoms with E-state index in [1.165, 1.54) is 50.0 Å². The summed E-state index contributed by atoms with van der Waals surface area (Å²) in [7, 11) is 0. The third-order valence-electron chi connectivity index (χ3n) is 3.79. The molecular formula is C12H19N3. The van der Waals surface area contributed by atoms with Crippen molar-refractivity contribution in [3.63, 3.8) is 0 Å². The zero-order valence-electron chi connectivity index (χ0n) is 9.42. The van der Waals surface area contributed by atoms with Gasteiger partial charge in [-0.1, -0.05) is 6.92 Å². The van der Waals surface area contributed by atoms with Crippen LogP contribution in [0.15, 0.2) is 0 Å². The maximum absolute atomic E-state index is 4.80. The van der Waals surface area contributed by atoms with Gasteiger partial charge in [0, 0.05) is 24.7 Å². The van der Waals surface area contributed by atoms with Crippen molar-refractivity contribution < 1.29 is 0 Å². The summed E-state index contributed by atoms with van der Waals surface area (Å²) in [6.07, 6.45) is 6.40. The monoisotopic (exact) mass is 205 g/mol. The van der Waals surface area contributed by atoms with E-state index in [0.29, 0.717) is 5.92 Å². The van der Waals surface area contributed by atoms with Crippen molar-refractivity contribution in [3.8, 4) is 0 Å². The van der Waals surface area contributed by atoms with E-state index >= 15 is 0 Å². The van der Waals surface area contributed by atoms with Crippen LogP contribution in [-0.2, 0) is 13.0 Å². The van der Waals surface area contributed by atoms with Crippen LogP contribution in [0.2, 0.25) is 0 Å². The SMILES string of the molecule is CCC1CCCc2c1nc1n2CCCN1. The molecule has 1 unspecified atom stereocenters. The Balaban J connectivity index is 2.06. The van der Waals surface area contributed by atoms with Crippen molar-refractivity contribution >= 4 is 5.95 Å². The fourth-order valence-corrected chi connectivity index (χ4v) is 2.96. The molecule has 3 nitrogen and oxygen atoms in total. The summed E-state index contributed by atoms with van der Waals surface area (Å²) in [4.78, 5) is 4.80.